The second kappa shape index (κ2) is 5.53. The molecule has 0 fully saturated rings. The number of hydrogen-bond acceptors (Lipinski definition) is 2. The molecule has 1 unspecified atom stereocenters. The Morgan fingerprint density at radius 1 is 1.39 bits per heavy atom. The Morgan fingerprint density at radius 3 is 2.72 bits per heavy atom. The molecular weight excluding hydrogens is 224 g/mol. The average Bonchev–Trinajstić information content (AvgIpc) is 2.35. The lowest BCUT2D eigenvalue weighted by Gasteiger charge is -2.33. The summed E-state index contributed by atoms with van der Waals surface area (Å²) in [6.07, 6.45) is 0.816. The van der Waals surface area contributed by atoms with Gasteiger partial charge in [0.05, 0.1) is 6.04 Å². The van der Waals surface area contributed by atoms with Crippen molar-refractivity contribution < 1.29 is 4.79 Å². The number of rotatable bonds is 3. The molecule has 0 spiro atoms. The Bertz CT molecular complexity index is 428. The summed E-state index contributed by atoms with van der Waals surface area (Å²) in [4.78, 5) is 14.3. The number of hydrogen-bond donors (Lipinski definition) is 1. The molecule has 0 aromatic heterocycles. The molecule has 1 aromatic rings. The van der Waals surface area contributed by atoms with Gasteiger partial charge in [-0.2, -0.15) is 0 Å². The van der Waals surface area contributed by atoms with E-state index in [1.54, 1.807) is 0 Å². The maximum absolute atomic E-state index is 12.2. The van der Waals surface area contributed by atoms with Gasteiger partial charge in [0.25, 0.3) is 0 Å². The maximum atomic E-state index is 12.2. The fourth-order valence-corrected chi connectivity index (χ4v) is 2.37. The molecular formula is C15H22N2O. The van der Waals surface area contributed by atoms with Crippen LogP contribution < -0.4 is 5.32 Å². The highest BCUT2D eigenvalue weighted by atomic mass is 16.2. The molecule has 0 saturated heterocycles. The second-order valence-corrected chi connectivity index (χ2v) is 5.54. The van der Waals surface area contributed by atoms with Gasteiger partial charge in [-0.25, -0.2) is 0 Å². The third-order valence-corrected chi connectivity index (χ3v) is 3.47. The van der Waals surface area contributed by atoms with Crippen LogP contribution in [-0.2, 0) is 17.8 Å². The molecule has 0 radical (unpaired) electrons. The molecule has 1 atom stereocenters. The van der Waals surface area contributed by atoms with Crippen molar-refractivity contribution in [2.45, 2.75) is 32.9 Å². The van der Waals surface area contributed by atoms with Crippen LogP contribution in [0.4, 0.5) is 0 Å². The predicted octanol–water partition coefficient (Wildman–Crippen LogP) is 1.82. The van der Waals surface area contributed by atoms with Crippen LogP contribution in [0.3, 0.4) is 0 Å². The number of carbonyl (C=O) groups is 1. The molecule has 0 bridgehead atoms. The highest BCUT2D eigenvalue weighted by Gasteiger charge is 2.28. The van der Waals surface area contributed by atoms with E-state index in [0.717, 1.165) is 19.5 Å². The zero-order chi connectivity index (χ0) is 13.1. The van der Waals surface area contributed by atoms with E-state index in [1.807, 2.05) is 13.1 Å². The van der Waals surface area contributed by atoms with E-state index in [4.69, 9.17) is 0 Å². The largest absolute Gasteiger partial charge is 0.354 e. The van der Waals surface area contributed by atoms with Gasteiger partial charge in [-0.05, 0) is 30.5 Å². The minimum atomic E-state index is -0.0290. The first kappa shape index (κ1) is 13.1. The molecule has 1 heterocycles. The first-order valence-corrected chi connectivity index (χ1v) is 6.62. The van der Waals surface area contributed by atoms with Gasteiger partial charge in [0.1, 0.15) is 0 Å². The van der Waals surface area contributed by atoms with Crippen molar-refractivity contribution in [3.63, 3.8) is 0 Å². The van der Waals surface area contributed by atoms with E-state index in [1.165, 1.54) is 11.1 Å². The fourth-order valence-electron chi connectivity index (χ4n) is 2.37. The lowest BCUT2D eigenvalue weighted by atomic mass is 9.94. The molecule has 1 aliphatic heterocycles. The third kappa shape index (κ3) is 2.91. The fraction of sp³-hybridized carbons (Fsp3) is 0.533. The van der Waals surface area contributed by atoms with E-state index in [2.05, 4.69) is 42.3 Å². The highest BCUT2D eigenvalue weighted by molar-refractivity contribution is 5.82. The molecule has 18 heavy (non-hydrogen) atoms. The van der Waals surface area contributed by atoms with Crippen LogP contribution in [0.1, 0.15) is 25.0 Å². The zero-order valence-corrected chi connectivity index (χ0v) is 11.4. The third-order valence-electron chi connectivity index (χ3n) is 3.47. The van der Waals surface area contributed by atoms with Crippen molar-refractivity contribution in [1.82, 2.24) is 10.2 Å². The van der Waals surface area contributed by atoms with E-state index in [9.17, 15) is 4.79 Å². The Balaban J connectivity index is 2.05. The lowest BCUT2D eigenvalue weighted by Crippen LogP contribution is -2.49. The predicted molar refractivity (Wildman–Crippen MR) is 73.2 cm³/mol. The SMILES string of the molecule is CC(C)CNC(=O)C1Cc2ccccc2CN1C. The molecule has 98 valence electrons. The molecule has 1 aliphatic rings. The maximum Gasteiger partial charge on any atom is 0.237 e. The van der Waals surface area contributed by atoms with Crippen molar-refractivity contribution in [1.29, 1.82) is 0 Å². The van der Waals surface area contributed by atoms with Crippen LogP contribution in [0.2, 0.25) is 0 Å². The summed E-state index contributed by atoms with van der Waals surface area (Å²) in [5.74, 6) is 0.649. The van der Waals surface area contributed by atoms with Gasteiger partial charge in [-0.15, -0.1) is 0 Å². The van der Waals surface area contributed by atoms with Gasteiger partial charge in [-0.1, -0.05) is 38.1 Å². The quantitative estimate of drug-likeness (QED) is 0.882. The van der Waals surface area contributed by atoms with Crippen LogP contribution in [-0.4, -0.2) is 30.4 Å². The van der Waals surface area contributed by atoms with Crippen molar-refractivity contribution in [2.24, 2.45) is 5.92 Å². The highest BCUT2D eigenvalue weighted by Crippen LogP contribution is 2.21. The molecule has 0 saturated carbocycles. The minimum absolute atomic E-state index is 0.0290. The van der Waals surface area contributed by atoms with Gasteiger partial charge < -0.3 is 5.32 Å². The normalized spacial score (nSPS) is 19.7. The van der Waals surface area contributed by atoms with Gasteiger partial charge in [-0.3, -0.25) is 9.69 Å². The molecule has 0 aliphatic carbocycles. The smallest absolute Gasteiger partial charge is 0.237 e. The van der Waals surface area contributed by atoms with Crippen LogP contribution >= 0.6 is 0 Å². The van der Waals surface area contributed by atoms with E-state index in [0.29, 0.717) is 5.92 Å². The van der Waals surface area contributed by atoms with Crippen molar-refractivity contribution in [2.75, 3.05) is 13.6 Å². The Kier molecular flexibility index (Phi) is 4.02. The molecule has 1 amide bonds. The summed E-state index contributed by atoms with van der Waals surface area (Å²) in [5.41, 5.74) is 2.65. The van der Waals surface area contributed by atoms with Crippen LogP contribution in [0.5, 0.6) is 0 Å². The summed E-state index contributed by atoms with van der Waals surface area (Å²) in [5, 5.41) is 3.03. The number of nitrogens with zero attached hydrogens (tertiary/aromatic N) is 1. The monoisotopic (exact) mass is 246 g/mol. The van der Waals surface area contributed by atoms with E-state index in [-0.39, 0.29) is 11.9 Å². The van der Waals surface area contributed by atoms with Crippen molar-refractivity contribution in [3.05, 3.63) is 35.4 Å². The first-order chi connectivity index (χ1) is 8.58. The number of benzene rings is 1. The number of nitrogens with one attached hydrogen (secondary N) is 1. The molecule has 3 nitrogen and oxygen atoms in total. The van der Waals surface area contributed by atoms with Crippen LogP contribution in [0.15, 0.2) is 24.3 Å². The van der Waals surface area contributed by atoms with E-state index >= 15 is 0 Å². The Morgan fingerprint density at radius 2 is 2.06 bits per heavy atom. The van der Waals surface area contributed by atoms with Crippen LogP contribution in [0, 0.1) is 5.92 Å². The summed E-state index contributed by atoms with van der Waals surface area (Å²) in [7, 11) is 2.02. The zero-order valence-electron chi connectivity index (χ0n) is 11.4. The Labute approximate surface area is 109 Å². The van der Waals surface area contributed by atoms with Gasteiger partial charge in [0.15, 0.2) is 0 Å². The number of amides is 1. The topological polar surface area (TPSA) is 32.3 Å². The van der Waals surface area contributed by atoms with Crippen molar-refractivity contribution in [3.8, 4) is 0 Å². The minimum Gasteiger partial charge on any atom is -0.354 e. The Hall–Kier alpha value is -1.35. The molecule has 2 rings (SSSR count). The number of carbonyl (C=O) groups excluding carboxylic acids is 1. The number of fused-ring (bicyclic) bond motifs is 1. The summed E-state index contributed by atoms with van der Waals surface area (Å²) in [6, 6.07) is 8.36. The summed E-state index contributed by atoms with van der Waals surface area (Å²) in [6.45, 7) is 5.83. The molecule has 1 N–H and O–H groups in total. The lowest BCUT2D eigenvalue weighted by molar-refractivity contribution is -0.126. The van der Waals surface area contributed by atoms with E-state index < -0.39 is 0 Å². The summed E-state index contributed by atoms with van der Waals surface area (Å²) >= 11 is 0. The van der Waals surface area contributed by atoms with Crippen LogP contribution in [0.25, 0.3) is 0 Å². The second-order valence-electron chi connectivity index (χ2n) is 5.54. The van der Waals surface area contributed by atoms with Gasteiger partial charge >= 0.3 is 0 Å². The van der Waals surface area contributed by atoms with Gasteiger partial charge in [0, 0.05) is 13.1 Å². The average molecular weight is 246 g/mol. The number of likely N-dealkylation sites (N-methyl/N-ethyl adjacent to an activating group) is 1. The standard InChI is InChI=1S/C15H22N2O/c1-11(2)9-16-15(18)14-8-12-6-4-5-7-13(12)10-17(14)3/h4-7,11,14H,8-10H2,1-3H3,(H,16,18). The summed E-state index contributed by atoms with van der Waals surface area (Å²) < 4.78 is 0. The van der Waals surface area contributed by atoms with Crippen molar-refractivity contribution >= 4 is 5.91 Å². The molecule has 3 heteroatoms. The molecule has 1 aromatic carbocycles. The first-order valence-electron chi connectivity index (χ1n) is 6.62. The van der Waals surface area contributed by atoms with Gasteiger partial charge in [0.2, 0.25) is 5.91 Å².